The Balaban J connectivity index is 1.36. The summed E-state index contributed by atoms with van der Waals surface area (Å²) < 4.78 is 0. The van der Waals surface area contributed by atoms with Crippen LogP contribution in [0.5, 0.6) is 0 Å². The summed E-state index contributed by atoms with van der Waals surface area (Å²) in [5.41, 5.74) is 2.71. The summed E-state index contributed by atoms with van der Waals surface area (Å²) in [5.74, 6) is 0.792. The van der Waals surface area contributed by atoms with Crippen molar-refractivity contribution in [3.8, 4) is 0 Å². The van der Waals surface area contributed by atoms with Crippen LogP contribution in [0.1, 0.15) is 54.4 Å². The van der Waals surface area contributed by atoms with Gasteiger partial charge in [0.1, 0.15) is 0 Å². The first-order valence-electron chi connectivity index (χ1n) is 9.01. The number of aromatic amines is 1. The Morgan fingerprint density at radius 2 is 2.35 bits per heavy atom. The van der Waals surface area contributed by atoms with E-state index >= 15 is 0 Å². The molecule has 0 radical (unpaired) electrons. The lowest BCUT2D eigenvalue weighted by molar-refractivity contribution is 0.0946. The van der Waals surface area contributed by atoms with Gasteiger partial charge in [0.2, 0.25) is 0 Å². The SMILES string of the molecule is CC1CCCN(CCCCNC(=O)c2n[nH]c3c2CNCC3)C1. The molecule has 1 atom stereocenters. The normalized spacial score (nSPS) is 21.9. The Hall–Kier alpha value is -1.40. The summed E-state index contributed by atoms with van der Waals surface area (Å²) in [6.07, 6.45) is 5.80. The number of aromatic nitrogens is 2. The van der Waals surface area contributed by atoms with Crippen molar-refractivity contribution in [2.45, 2.75) is 45.6 Å². The predicted octanol–water partition coefficient (Wildman–Crippen LogP) is 1.30. The van der Waals surface area contributed by atoms with Crippen LogP contribution in [0.3, 0.4) is 0 Å². The van der Waals surface area contributed by atoms with Gasteiger partial charge in [-0.2, -0.15) is 5.10 Å². The summed E-state index contributed by atoms with van der Waals surface area (Å²) in [6.45, 7) is 8.39. The van der Waals surface area contributed by atoms with Crippen LogP contribution in [0.4, 0.5) is 0 Å². The van der Waals surface area contributed by atoms with Gasteiger partial charge < -0.3 is 15.5 Å². The second-order valence-electron chi connectivity index (χ2n) is 6.97. The van der Waals surface area contributed by atoms with Gasteiger partial charge in [0.05, 0.1) is 0 Å². The fourth-order valence-corrected chi connectivity index (χ4v) is 3.65. The number of H-pyrrole nitrogens is 1. The molecule has 1 saturated heterocycles. The van der Waals surface area contributed by atoms with E-state index in [4.69, 9.17) is 0 Å². The molecule has 23 heavy (non-hydrogen) atoms. The maximum Gasteiger partial charge on any atom is 0.272 e. The average molecular weight is 319 g/mol. The molecular weight excluding hydrogens is 290 g/mol. The zero-order valence-corrected chi connectivity index (χ0v) is 14.2. The van der Waals surface area contributed by atoms with E-state index in [-0.39, 0.29) is 5.91 Å². The topological polar surface area (TPSA) is 73.0 Å². The van der Waals surface area contributed by atoms with Crippen molar-refractivity contribution in [3.05, 3.63) is 17.0 Å². The van der Waals surface area contributed by atoms with Crippen molar-refractivity contribution in [2.24, 2.45) is 5.92 Å². The number of amides is 1. The summed E-state index contributed by atoms with van der Waals surface area (Å²) in [6, 6.07) is 0. The van der Waals surface area contributed by atoms with Crippen LogP contribution in [0.2, 0.25) is 0 Å². The average Bonchev–Trinajstić information content (AvgIpc) is 2.98. The lowest BCUT2D eigenvalue weighted by Crippen LogP contribution is -2.35. The lowest BCUT2D eigenvalue weighted by Gasteiger charge is -2.30. The number of carbonyl (C=O) groups excluding carboxylic acids is 1. The molecule has 3 heterocycles. The molecule has 3 rings (SSSR count). The van der Waals surface area contributed by atoms with Gasteiger partial charge in [-0.15, -0.1) is 0 Å². The molecule has 1 aromatic heterocycles. The van der Waals surface area contributed by atoms with Gasteiger partial charge in [-0.3, -0.25) is 9.89 Å². The highest BCUT2D eigenvalue weighted by atomic mass is 16.1. The van der Waals surface area contributed by atoms with Gasteiger partial charge in [0.25, 0.3) is 5.91 Å². The van der Waals surface area contributed by atoms with E-state index in [2.05, 4.69) is 32.7 Å². The number of nitrogens with zero attached hydrogens (tertiary/aromatic N) is 2. The highest BCUT2D eigenvalue weighted by Crippen LogP contribution is 2.16. The third kappa shape index (κ3) is 4.32. The first-order valence-corrected chi connectivity index (χ1v) is 9.01. The quantitative estimate of drug-likeness (QED) is 0.691. The summed E-state index contributed by atoms with van der Waals surface area (Å²) >= 11 is 0. The smallest absolute Gasteiger partial charge is 0.272 e. The van der Waals surface area contributed by atoms with Crippen molar-refractivity contribution in [1.29, 1.82) is 0 Å². The van der Waals surface area contributed by atoms with Crippen molar-refractivity contribution < 1.29 is 4.79 Å². The molecule has 0 spiro atoms. The molecule has 0 aliphatic carbocycles. The zero-order chi connectivity index (χ0) is 16.1. The van der Waals surface area contributed by atoms with Crippen LogP contribution < -0.4 is 10.6 Å². The van der Waals surface area contributed by atoms with Crippen LogP contribution in [-0.2, 0) is 13.0 Å². The third-order valence-corrected chi connectivity index (χ3v) is 4.95. The Morgan fingerprint density at radius 3 is 3.22 bits per heavy atom. The van der Waals surface area contributed by atoms with E-state index in [0.29, 0.717) is 5.69 Å². The largest absolute Gasteiger partial charge is 0.351 e. The number of likely N-dealkylation sites (tertiary alicyclic amines) is 1. The number of unbranched alkanes of at least 4 members (excludes halogenated alkanes) is 1. The zero-order valence-electron chi connectivity index (χ0n) is 14.2. The van der Waals surface area contributed by atoms with E-state index in [1.54, 1.807) is 0 Å². The second-order valence-corrected chi connectivity index (χ2v) is 6.97. The number of rotatable bonds is 6. The Morgan fingerprint density at radius 1 is 1.43 bits per heavy atom. The van der Waals surface area contributed by atoms with Gasteiger partial charge in [0, 0.05) is 43.9 Å². The minimum Gasteiger partial charge on any atom is -0.351 e. The van der Waals surface area contributed by atoms with Gasteiger partial charge in [-0.25, -0.2) is 0 Å². The lowest BCUT2D eigenvalue weighted by atomic mass is 10.0. The summed E-state index contributed by atoms with van der Waals surface area (Å²) in [7, 11) is 0. The highest BCUT2D eigenvalue weighted by molar-refractivity contribution is 5.94. The fraction of sp³-hybridized carbons (Fsp3) is 0.765. The molecule has 0 aromatic carbocycles. The number of fused-ring (bicyclic) bond motifs is 1. The predicted molar refractivity (Wildman–Crippen MR) is 90.4 cm³/mol. The van der Waals surface area contributed by atoms with E-state index in [1.807, 2.05) is 0 Å². The molecule has 6 nitrogen and oxygen atoms in total. The van der Waals surface area contributed by atoms with Crippen LogP contribution in [0.15, 0.2) is 0 Å². The second kappa shape index (κ2) is 7.93. The summed E-state index contributed by atoms with van der Waals surface area (Å²) in [4.78, 5) is 14.8. The van der Waals surface area contributed by atoms with Crippen molar-refractivity contribution in [3.63, 3.8) is 0 Å². The van der Waals surface area contributed by atoms with Gasteiger partial charge in [0.15, 0.2) is 5.69 Å². The van der Waals surface area contributed by atoms with Crippen LogP contribution in [0.25, 0.3) is 0 Å². The highest BCUT2D eigenvalue weighted by Gasteiger charge is 2.21. The number of carbonyl (C=O) groups is 1. The first kappa shape index (κ1) is 16.5. The molecule has 2 aliphatic heterocycles. The van der Waals surface area contributed by atoms with Gasteiger partial charge in [-0.05, 0) is 44.7 Å². The molecule has 3 N–H and O–H groups in total. The van der Waals surface area contributed by atoms with Crippen LogP contribution >= 0.6 is 0 Å². The Labute approximate surface area is 138 Å². The monoisotopic (exact) mass is 319 g/mol. The van der Waals surface area contributed by atoms with Crippen molar-refractivity contribution >= 4 is 5.91 Å². The van der Waals surface area contributed by atoms with E-state index in [1.165, 1.54) is 25.9 Å². The molecule has 1 fully saturated rings. The standard InChI is InChI=1S/C17H29N5O/c1-13-5-4-10-22(12-13)9-3-2-7-19-17(23)16-14-11-18-8-6-15(14)20-21-16/h13,18H,2-12H2,1H3,(H,19,23)(H,20,21). The number of hydrogen-bond donors (Lipinski definition) is 3. The maximum atomic E-state index is 12.3. The molecule has 1 amide bonds. The van der Waals surface area contributed by atoms with Crippen molar-refractivity contribution in [2.75, 3.05) is 32.7 Å². The molecule has 2 aliphatic rings. The van der Waals surface area contributed by atoms with Crippen LogP contribution in [-0.4, -0.2) is 53.7 Å². The Bertz CT molecular complexity index is 527. The molecular formula is C17H29N5O. The van der Waals surface area contributed by atoms with Crippen molar-refractivity contribution in [1.82, 2.24) is 25.7 Å². The molecule has 1 aromatic rings. The van der Waals surface area contributed by atoms with Crippen LogP contribution in [0, 0.1) is 5.92 Å². The molecule has 1 unspecified atom stereocenters. The first-order chi connectivity index (χ1) is 11.2. The fourth-order valence-electron chi connectivity index (χ4n) is 3.65. The number of hydrogen-bond acceptors (Lipinski definition) is 4. The van der Waals surface area contributed by atoms with E-state index in [9.17, 15) is 4.79 Å². The maximum absolute atomic E-state index is 12.3. The number of piperidine rings is 1. The van der Waals surface area contributed by atoms with Gasteiger partial charge >= 0.3 is 0 Å². The number of nitrogens with one attached hydrogen (secondary N) is 3. The van der Waals surface area contributed by atoms with E-state index in [0.717, 1.165) is 62.6 Å². The molecule has 6 heteroatoms. The Kier molecular flexibility index (Phi) is 5.67. The molecule has 0 bridgehead atoms. The van der Waals surface area contributed by atoms with E-state index < -0.39 is 0 Å². The van der Waals surface area contributed by atoms with Gasteiger partial charge in [-0.1, -0.05) is 6.92 Å². The molecule has 128 valence electrons. The minimum atomic E-state index is -0.0437. The minimum absolute atomic E-state index is 0.0437. The molecule has 0 saturated carbocycles. The summed E-state index contributed by atoms with van der Waals surface area (Å²) in [5, 5.41) is 13.5. The third-order valence-electron chi connectivity index (χ3n) is 4.95.